The number of unbranched alkanes of at least 4 members (excludes halogenated alkanes) is 8. The highest BCUT2D eigenvalue weighted by Gasteiger charge is 2.51. The number of hydrogen-bond donors (Lipinski definition) is 3. The van der Waals surface area contributed by atoms with Crippen LogP contribution >= 0.6 is 0 Å². The average Bonchev–Trinajstić information content (AvgIpc) is 3.18. The van der Waals surface area contributed by atoms with Crippen LogP contribution in [-0.4, -0.2) is 76.1 Å². The van der Waals surface area contributed by atoms with E-state index in [-0.39, 0.29) is 18.8 Å². The molecule has 0 saturated carbocycles. The lowest BCUT2D eigenvalue weighted by Gasteiger charge is -2.34. The van der Waals surface area contributed by atoms with E-state index < -0.39 is 65.8 Å². The van der Waals surface area contributed by atoms with E-state index in [1.165, 1.54) is 33.3 Å². The number of ketones is 2. The molecule has 12 heteroatoms. The van der Waals surface area contributed by atoms with Crippen LogP contribution in [0.1, 0.15) is 134 Å². The summed E-state index contributed by atoms with van der Waals surface area (Å²) in [7, 11) is 0. The number of rotatable bonds is 28. The van der Waals surface area contributed by atoms with Crippen LogP contribution in [0.3, 0.4) is 0 Å². The van der Waals surface area contributed by atoms with Crippen molar-refractivity contribution in [3.05, 3.63) is 77.9 Å². The van der Waals surface area contributed by atoms with Crippen LogP contribution in [0, 0.1) is 17.8 Å². The molecule has 0 aliphatic heterocycles. The molecular formula is C47H63NO11. The van der Waals surface area contributed by atoms with Gasteiger partial charge in [0.2, 0.25) is 5.91 Å². The quantitative estimate of drug-likeness (QED) is 0.0254. The number of allylic oxidation sites excluding steroid dienone is 1. The fourth-order valence-corrected chi connectivity index (χ4v) is 6.14. The third-order valence-corrected chi connectivity index (χ3v) is 9.33. The normalized spacial score (nSPS) is 13.3. The molecule has 2 aromatic carbocycles. The Bertz CT molecular complexity index is 1730. The molecule has 0 bridgehead atoms. The first-order valence-electron chi connectivity index (χ1n) is 20.6. The molecule has 322 valence electrons. The summed E-state index contributed by atoms with van der Waals surface area (Å²) in [5.41, 5.74) is -3.16. The molecule has 3 N–H and O–H groups in total. The van der Waals surface area contributed by atoms with Crippen molar-refractivity contribution in [3.63, 3.8) is 0 Å². The number of aliphatic carboxylic acids is 1. The third kappa shape index (κ3) is 19.8. The highest BCUT2D eigenvalue weighted by molar-refractivity contribution is 5.99. The minimum absolute atomic E-state index is 0.138. The first-order chi connectivity index (χ1) is 28.1. The molecule has 2 aromatic rings. The highest BCUT2D eigenvalue weighted by atomic mass is 16.6. The predicted octanol–water partition coefficient (Wildman–Crippen LogP) is 7.53. The minimum Gasteiger partial charge on any atom is -0.481 e. The summed E-state index contributed by atoms with van der Waals surface area (Å²) in [6.45, 7) is 7.99. The monoisotopic (exact) mass is 817 g/mol. The van der Waals surface area contributed by atoms with Gasteiger partial charge in [-0.25, -0.2) is 9.59 Å². The largest absolute Gasteiger partial charge is 0.481 e. The van der Waals surface area contributed by atoms with Crippen LogP contribution in [0.25, 0.3) is 0 Å². The van der Waals surface area contributed by atoms with Crippen molar-refractivity contribution in [2.45, 2.75) is 142 Å². The summed E-state index contributed by atoms with van der Waals surface area (Å²) in [6, 6.07) is 13.4. The van der Waals surface area contributed by atoms with E-state index in [9.17, 15) is 39.0 Å². The maximum atomic E-state index is 14.2. The summed E-state index contributed by atoms with van der Waals surface area (Å²) in [6.07, 6.45) is 11.6. The Labute approximate surface area is 349 Å². The lowest BCUT2D eigenvalue weighted by molar-refractivity contribution is -0.187. The summed E-state index contributed by atoms with van der Waals surface area (Å²) >= 11 is 0. The maximum Gasteiger partial charge on any atom is 0.340 e. The second kappa shape index (κ2) is 26.7. The SMILES string of the molecule is CC#CCOc1ccc(C[C@H](NC(=O)[C@@H](C=CCCCCCCC(=O)CCCCCCC)[C@@](O)(CC(=O)O)C(=O)OC(C)(C)C)C(=O)OCC(=O)c2ccccc2)cc1. The fourth-order valence-electron chi connectivity index (χ4n) is 6.14. The van der Waals surface area contributed by atoms with Gasteiger partial charge in [0.05, 0.1) is 12.3 Å². The van der Waals surface area contributed by atoms with Gasteiger partial charge in [0.25, 0.3) is 0 Å². The average molecular weight is 818 g/mol. The fraction of sp³-hybridized carbons (Fsp3) is 0.532. The number of carboxylic acid groups (broad SMARTS) is 1. The molecule has 0 aliphatic carbocycles. The van der Waals surface area contributed by atoms with Crippen LogP contribution in [0.2, 0.25) is 0 Å². The van der Waals surface area contributed by atoms with E-state index in [4.69, 9.17) is 14.2 Å². The number of carbonyl (C=O) groups excluding carboxylic acids is 5. The number of Topliss-reactive ketones (excluding diaryl/α,β-unsaturated/α-hetero) is 2. The molecule has 0 unspecified atom stereocenters. The first kappa shape index (κ1) is 49.9. The van der Waals surface area contributed by atoms with Gasteiger partial charge < -0.3 is 29.7 Å². The Morgan fingerprint density at radius 1 is 0.847 bits per heavy atom. The number of aliphatic hydroxyl groups is 1. The van der Waals surface area contributed by atoms with Crippen LogP contribution in [-0.2, 0) is 39.9 Å². The number of benzene rings is 2. The van der Waals surface area contributed by atoms with E-state index >= 15 is 0 Å². The van der Waals surface area contributed by atoms with Gasteiger partial charge in [-0.1, -0.05) is 106 Å². The molecule has 12 nitrogen and oxygen atoms in total. The number of ether oxygens (including phenoxy) is 3. The predicted molar refractivity (Wildman–Crippen MR) is 225 cm³/mol. The van der Waals surface area contributed by atoms with Gasteiger partial charge in [0.15, 0.2) is 18.0 Å². The molecule has 0 heterocycles. The zero-order valence-corrected chi connectivity index (χ0v) is 35.4. The van der Waals surface area contributed by atoms with Gasteiger partial charge >= 0.3 is 17.9 Å². The molecule has 0 aliphatic rings. The number of esters is 2. The second-order valence-electron chi connectivity index (χ2n) is 15.6. The Kier molecular flexibility index (Phi) is 22.5. The molecule has 0 aromatic heterocycles. The number of carbonyl (C=O) groups is 6. The number of nitrogens with one attached hydrogen (secondary N) is 1. The van der Waals surface area contributed by atoms with E-state index in [1.807, 2.05) is 0 Å². The molecule has 0 radical (unpaired) electrons. The van der Waals surface area contributed by atoms with Crippen LogP contribution < -0.4 is 10.1 Å². The highest BCUT2D eigenvalue weighted by Crippen LogP contribution is 2.29. The topological polar surface area (TPSA) is 183 Å². The van der Waals surface area contributed by atoms with Crippen molar-refractivity contribution in [1.29, 1.82) is 0 Å². The zero-order valence-electron chi connectivity index (χ0n) is 35.4. The van der Waals surface area contributed by atoms with Crippen LogP contribution in [0.15, 0.2) is 66.7 Å². The Morgan fingerprint density at radius 2 is 1.47 bits per heavy atom. The third-order valence-electron chi connectivity index (χ3n) is 9.33. The molecule has 0 saturated heterocycles. The Hall–Kier alpha value is -5.28. The zero-order chi connectivity index (χ0) is 43.7. The van der Waals surface area contributed by atoms with Gasteiger partial charge in [-0.2, -0.15) is 0 Å². The van der Waals surface area contributed by atoms with Crippen LogP contribution in [0.4, 0.5) is 0 Å². The van der Waals surface area contributed by atoms with Gasteiger partial charge in [0.1, 0.15) is 29.8 Å². The number of hydrogen-bond acceptors (Lipinski definition) is 10. The van der Waals surface area contributed by atoms with Gasteiger partial charge in [-0.05, 0) is 71.1 Å². The van der Waals surface area contributed by atoms with Gasteiger partial charge in [-0.3, -0.25) is 19.2 Å². The van der Waals surface area contributed by atoms with Crippen LogP contribution in [0.5, 0.6) is 5.75 Å². The lowest BCUT2D eigenvalue weighted by atomic mass is 9.82. The molecule has 0 spiro atoms. The van der Waals surface area contributed by atoms with E-state index in [0.717, 1.165) is 44.9 Å². The molecular weight excluding hydrogens is 755 g/mol. The van der Waals surface area contributed by atoms with E-state index in [0.29, 0.717) is 42.6 Å². The molecule has 3 atom stereocenters. The second-order valence-corrected chi connectivity index (χ2v) is 15.6. The van der Waals surface area contributed by atoms with Crippen molar-refractivity contribution < 1.29 is 53.2 Å². The number of carboxylic acids is 1. The minimum atomic E-state index is -2.88. The van der Waals surface area contributed by atoms with Crippen molar-refractivity contribution in [2.24, 2.45) is 5.92 Å². The standard InChI is InChI=1S/C47H63NO11/c1-6-8-10-13-19-24-37(49)25-20-14-11-12-15-21-26-39(47(56,33-42(51)52)45(55)59-46(3,4)5)43(53)48-40(32-35-27-29-38(30-28-35)57-31-9-7-2)44(54)58-34-41(50)36-22-17-16-18-23-36/h16-18,21-23,26-30,39-40,56H,6,8,10-15,19-20,24-25,31-34H2,1-5H3,(H,48,53)(H,51,52)/t39-,40+,47+/m1/s1. The lowest BCUT2D eigenvalue weighted by Crippen LogP contribution is -2.57. The van der Waals surface area contributed by atoms with E-state index in [1.54, 1.807) is 67.6 Å². The molecule has 2 rings (SSSR count). The summed E-state index contributed by atoms with van der Waals surface area (Å²) < 4.78 is 16.4. The van der Waals surface area contributed by atoms with Crippen molar-refractivity contribution >= 4 is 35.4 Å². The maximum absolute atomic E-state index is 14.2. The molecule has 59 heavy (non-hydrogen) atoms. The van der Waals surface area contributed by atoms with E-state index in [2.05, 4.69) is 24.1 Å². The summed E-state index contributed by atoms with van der Waals surface area (Å²) in [5, 5.41) is 24.3. The smallest absolute Gasteiger partial charge is 0.340 e. The van der Waals surface area contributed by atoms with Gasteiger partial charge in [0, 0.05) is 24.8 Å². The van der Waals surface area contributed by atoms with Crippen molar-refractivity contribution in [1.82, 2.24) is 5.32 Å². The summed E-state index contributed by atoms with van der Waals surface area (Å²) in [5.74, 6) is -0.901. The van der Waals surface area contributed by atoms with Gasteiger partial charge in [-0.15, -0.1) is 5.92 Å². The molecule has 1 amide bonds. The first-order valence-corrected chi connectivity index (χ1v) is 20.6. The van der Waals surface area contributed by atoms with Crippen molar-refractivity contribution in [2.75, 3.05) is 13.2 Å². The molecule has 0 fully saturated rings. The number of amides is 1. The summed E-state index contributed by atoms with van der Waals surface area (Å²) in [4.78, 5) is 78.6. The Morgan fingerprint density at radius 3 is 2.07 bits per heavy atom. The Balaban J connectivity index is 2.32. The van der Waals surface area contributed by atoms with Crippen molar-refractivity contribution in [3.8, 4) is 17.6 Å².